The van der Waals surface area contributed by atoms with Gasteiger partial charge < -0.3 is 5.11 Å². The number of aromatic nitrogens is 2. The van der Waals surface area contributed by atoms with Gasteiger partial charge in [-0.05, 0) is 13.2 Å². The van der Waals surface area contributed by atoms with Gasteiger partial charge in [0.15, 0.2) is 0 Å². The van der Waals surface area contributed by atoms with Gasteiger partial charge in [-0.1, -0.05) is 11.6 Å². The monoisotopic (exact) mass is 220 g/mol. The Labute approximate surface area is 87.1 Å². The van der Waals surface area contributed by atoms with Gasteiger partial charge in [-0.3, -0.25) is 4.68 Å². The van der Waals surface area contributed by atoms with E-state index in [1.807, 2.05) is 13.2 Å². The van der Waals surface area contributed by atoms with Crippen LogP contribution in [0, 0.1) is 0 Å². The lowest BCUT2D eigenvalue weighted by Gasteiger charge is -2.11. The summed E-state index contributed by atoms with van der Waals surface area (Å²) in [6.07, 6.45) is 3.00. The van der Waals surface area contributed by atoms with Gasteiger partial charge in [0.25, 0.3) is 0 Å². The Kier molecular flexibility index (Phi) is 4.09. The average molecular weight is 221 g/mol. The maximum Gasteiger partial charge on any atom is 0.106 e. The van der Waals surface area contributed by atoms with Crippen LogP contribution in [0.5, 0.6) is 0 Å². The molecule has 1 aromatic rings. The topological polar surface area (TPSA) is 38.0 Å². The molecule has 0 aliphatic heterocycles. The molecule has 1 heterocycles. The Hall–Kier alpha value is -0.190. The van der Waals surface area contributed by atoms with Crippen LogP contribution in [0.3, 0.4) is 0 Å². The lowest BCUT2D eigenvalue weighted by molar-refractivity contribution is 0.192. The zero-order valence-electron chi connectivity index (χ0n) is 7.70. The third-order valence-corrected chi connectivity index (χ3v) is 2.71. The molecule has 0 aromatic carbocycles. The summed E-state index contributed by atoms with van der Waals surface area (Å²) in [6.45, 7) is 2.70. The van der Waals surface area contributed by atoms with Crippen molar-refractivity contribution in [3.05, 3.63) is 16.9 Å². The molecule has 13 heavy (non-hydrogen) atoms. The van der Waals surface area contributed by atoms with Crippen LogP contribution in [-0.2, 0) is 6.54 Å². The summed E-state index contributed by atoms with van der Waals surface area (Å²) in [5.74, 6) is 0.644. The van der Waals surface area contributed by atoms with Crippen LogP contribution in [-0.4, -0.2) is 26.9 Å². The van der Waals surface area contributed by atoms with Gasteiger partial charge in [0.1, 0.15) is 6.10 Å². The number of aryl methyl sites for hydroxylation is 1. The third kappa shape index (κ3) is 2.39. The fourth-order valence-electron chi connectivity index (χ4n) is 1.19. The number of hydrogen-bond donors (Lipinski definition) is 1. The van der Waals surface area contributed by atoms with Crippen LogP contribution >= 0.6 is 23.4 Å². The summed E-state index contributed by atoms with van der Waals surface area (Å²) in [7, 11) is 0. The molecule has 5 heteroatoms. The first-order valence-electron chi connectivity index (χ1n) is 4.08. The molecule has 1 aromatic heterocycles. The van der Waals surface area contributed by atoms with Crippen LogP contribution in [0.15, 0.2) is 6.20 Å². The Morgan fingerprint density at radius 2 is 2.46 bits per heavy atom. The van der Waals surface area contributed by atoms with E-state index in [0.717, 1.165) is 12.2 Å². The van der Waals surface area contributed by atoms with Crippen LogP contribution in [0.2, 0.25) is 5.02 Å². The molecule has 0 amide bonds. The Morgan fingerprint density at radius 1 is 1.77 bits per heavy atom. The third-order valence-electron chi connectivity index (χ3n) is 1.77. The van der Waals surface area contributed by atoms with Crippen molar-refractivity contribution in [2.75, 3.05) is 12.0 Å². The smallest absolute Gasteiger partial charge is 0.106 e. The van der Waals surface area contributed by atoms with E-state index in [0.29, 0.717) is 10.8 Å². The van der Waals surface area contributed by atoms with Gasteiger partial charge >= 0.3 is 0 Å². The number of thioether (sulfide) groups is 1. The second kappa shape index (κ2) is 4.88. The van der Waals surface area contributed by atoms with E-state index in [4.69, 9.17) is 11.6 Å². The SMILES string of the molecule is CCn1ncc(Cl)c1C(O)CSC. The molecular formula is C8H13ClN2OS. The van der Waals surface area contributed by atoms with Crippen molar-refractivity contribution in [1.29, 1.82) is 0 Å². The predicted octanol–water partition coefficient (Wildman–Crippen LogP) is 1.95. The zero-order valence-corrected chi connectivity index (χ0v) is 9.27. The lowest BCUT2D eigenvalue weighted by atomic mass is 10.3. The van der Waals surface area contributed by atoms with Crippen molar-refractivity contribution < 1.29 is 5.11 Å². The minimum Gasteiger partial charge on any atom is -0.386 e. The molecule has 0 saturated heterocycles. The van der Waals surface area contributed by atoms with Crippen molar-refractivity contribution in [1.82, 2.24) is 9.78 Å². The van der Waals surface area contributed by atoms with Gasteiger partial charge in [-0.25, -0.2) is 0 Å². The van der Waals surface area contributed by atoms with Crippen molar-refractivity contribution >= 4 is 23.4 Å². The summed E-state index contributed by atoms with van der Waals surface area (Å²) in [5, 5.41) is 14.3. The summed E-state index contributed by atoms with van der Waals surface area (Å²) in [6, 6.07) is 0. The average Bonchev–Trinajstić information content (AvgIpc) is 2.47. The zero-order chi connectivity index (χ0) is 9.84. The first-order chi connectivity index (χ1) is 6.20. The lowest BCUT2D eigenvalue weighted by Crippen LogP contribution is -2.10. The molecule has 3 nitrogen and oxygen atoms in total. The van der Waals surface area contributed by atoms with E-state index in [1.54, 1.807) is 22.6 Å². The fraction of sp³-hybridized carbons (Fsp3) is 0.625. The Balaban J connectivity index is 2.89. The number of aliphatic hydroxyl groups excluding tert-OH is 1. The molecule has 0 spiro atoms. The second-order valence-electron chi connectivity index (χ2n) is 2.66. The van der Waals surface area contributed by atoms with Crippen molar-refractivity contribution in [2.45, 2.75) is 19.6 Å². The number of nitrogens with zero attached hydrogens (tertiary/aromatic N) is 2. The van der Waals surface area contributed by atoms with Crippen LogP contribution in [0.4, 0.5) is 0 Å². The molecule has 0 bridgehead atoms. The van der Waals surface area contributed by atoms with E-state index in [-0.39, 0.29) is 0 Å². The van der Waals surface area contributed by atoms with Crippen molar-refractivity contribution in [3.8, 4) is 0 Å². The molecular weight excluding hydrogens is 208 g/mol. The second-order valence-corrected chi connectivity index (χ2v) is 3.98. The molecule has 1 N–H and O–H groups in total. The van der Waals surface area contributed by atoms with Gasteiger partial charge in [-0.2, -0.15) is 16.9 Å². The highest BCUT2D eigenvalue weighted by molar-refractivity contribution is 7.98. The van der Waals surface area contributed by atoms with Crippen LogP contribution in [0.1, 0.15) is 18.7 Å². The highest BCUT2D eigenvalue weighted by Crippen LogP contribution is 2.24. The number of rotatable bonds is 4. The van der Waals surface area contributed by atoms with Crippen LogP contribution in [0.25, 0.3) is 0 Å². The molecule has 0 saturated carbocycles. The van der Waals surface area contributed by atoms with E-state index >= 15 is 0 Å². The normalized spacial score (nSPS) is 13.2. The molecule has 1 unspecified atom stereocenters. The minimum atomic E-state index is -0.523. The quantitative estimate of drug-likeness (QED) is 0.843. The highest BCUT2D eigenvalue weighted by Gasteiger charge is 2.16. The molecule has 1 rings (SSSR count). The molecule has 0 fully saturated rings. The molecule has 0 aliphatic rings. The molecule has 1 atom stereocenters. The number of aliphatic hydroxyl groups is 1. The van der Waals surface area contributed by atoms with Crippen LogP contribution < -0.4 is 0 Å². The largest absolute Gasteiger partial charge is 0.386 e. The first kappa shape index (κ1) is 10.9. The standard InChI is InChI=1S/C8H13ClN2OS/c1-3-11-8(6(9)4-10-11)7(12)5-13-2/h4,7,12H,3,5H2,1-2H3. The maximum absolute atomic E-state index is 9.74. The number of halogens is 1. The first-order valence-corrected chi connectivity index (χ1v) is 5.86. The molecule has 74 valence electrons. The van der Waals surface area contributed by atoms with Crippen molar-refractivity contribution in [2.24, 2.45) is 0 Å². The van der Waals surface area contributed by atoms with E-state index < -0.39 is 6.10 Å². The Bertz CT molecular complexity index is 277. The van der Waals surface area contributed by atoms with E-state index in [9.17, 15) is 5.11 Å². The van der Waals surface area contributed by atoms with E-state index in [2.05, 4.69) is 5.10 Å². The number of hydrogen-bond acceptors (Lipinski definition) is 3. The van der Waals surface area contributed by atoms with Gasteiger partial charge in [0.05, 0.1) is 16.9 Å². The summed E-state index contributed by atoms with van der Waals surface area (Å²) in [5.41, 5.74) is 0.721. The van der Waals surface area contributed by atoms with E-state index in [1.165, 1.54) is 0 Å². The summed E-state index contributed by atoms with van der Waals surface area (Å²) in [4.78, 5) is 0. The molecule has 0 aliphatic carbocycles. The minimum absolute atomic E-state index is 0.523. The van der Waals surface area contributed by atoms with Gasteiger partial charge in [-0.15, -0.1) is 0 Å². The maximum atomic E-state index is 9.74. The van der Waals surface area contributed by atoms with Gasteiger partial charge in [0, 0.05) is 12.3 Å². The van der Waals surface area contributed by atoms with Crippen molar-refractivity contribution in [3.63, 3.8) is 0 Å². The highest BCUT2D eigenvalue weighted by atomic mass is 35.5. The molecule has 0 radical (unpaired) electrons. The Morgan fingerprint density at radius 3 is 3.00 bits per heavy atom. The summed E-state index contributed by atoms with van der Waals surface area (Å²) >= 11 is 7.49. The van der Waals surface area contributed by atoms with Gasteiger partial charge in [0.2, 0.25) is 0 Å². The fourth-order valence-corrected chi connectivity index (χ4v) is 1.93. The summed E-state index contributed by atoms with van der Waals surface area (Å²) < 4.78 is 1.73. The predicted molar refractivity (Wildman–Crippen MR) is 56.3 cm³/mol.